The first-order valence-corrected chi connectivity index (χ1v) is 9.27. The summed E-state index contributed by atoms with van der Waals surface area (Å²) in [5.74, 6) is 1.60. The first-order valence-electron chi connectivity index (χ1n) is 9.27. The normalized spacial score (nSPS) is 22.4. The predicted molar refractivity (Wildman–Crippen MR) is 107 cm³/mol. The van der Waals surface area contributed by atoms with Crippen molar-refractivity contribution in [3.63, 3.8) is 0 Å². The Bertz CT molecular complexity index is 851. The average molecular weight is 346 g/mol. The van der Waals surface area contributed by atoms with Gasteiger partial charge in [0.05, 0.1) is 18.6 Å². The molecule has 2 aliphatic heterocycles. The van der Waals surface area contributed by atoms with Gasteiger partial charge in [0.25, 0.3) is 0 Å². The lowest BCUT2D eigenvalue weighted by molar-refractivity contribution is 0.177. The first kappa shape index (κ1) is 16.8. The van der Waals surface area contributed by atoms with Crippen molar-refractivity contribution in [3.05, 3.63) is 70.8 Å². The Morgan fingerprint density at radius 2 is 1.77 bits per heavy atom. The van der Waals surface area contributed by atoms with Crippen LogP contribution in [-0.4, -0.2) is 34.7 Å². The second-order valence-electron chi connectivity index (χ2n) is 7.68. The number of nitrogens with zero attached hydrogens (tertiary/aromatic N) is 3. The summed E-state index contributed by atoms with van der Waals surface area (Å²) >= 11 is 0. The molecule has 4 nitrogen and oxygen atoms in total. The number of benzene rings is 2. The second kappa shape index (κ2) is 6.27. The number of fused-ring (bicyclic) bond motifs is 1. The number of hydrogen-bond donors (Lipinski definition) is 1. The zero-order valence-electron chi connectivity index (χ0n) is 15.8. The summed E-state index contributed by atoms with van der Waals surface area (Å²) in [6, 6.07) is 17.2. The van der Waals surface area contributed by atoms with E-state index in [1.165, 1.54) is 22.3 Å². The number of rotatable bonds is 3. The van der Waals surface area contributed by atoms with E-state index in [1.54, 1.807) is 0 Å². The highest BCUT2D eigenvalue weighted by molar-refractivity contribution is 6.02. The molecule has 2 aromatic rings. The second-order valence-corrected chi connectivity index (χ2v) is 7.68. The lowest BCUT2D eigenvalue weighted by Crippen LogP contribution is -2.59. The molecule has 1 N–H and O–H groups in total. The van der Waals surface area contributed by atoms with Gasteiger partial charge in [0.2, 0.25) is 5.96 Å². The summed E-state index contributed by atoms with van der Waals surface area (Å²) < 4.78 is 0. The van der Waals surface area contributed by atoms with Gasteiger partial charge >= 0.3 is 0 Å². The van der Waals surface area contributed by atoms with Gasteiger partial charge in [-0.15, -0.1) is 0 Å². The van der Waals surface area contributed by atoms with Crippen molar-refractivity contribution in [1.82, 2.24) is 9.80 Å². The van der Waals surface area contributed by atoms with Crippen molar-refractivity contribution in [1.29, 1.82) is 5.41 Å². The third-order valence-corrected chi connectivity index (χ3v) is 5.51. The Morgan fingerprint density at radius 3 is 2.46 bits per heavy atom. The van der Waals surface area contributed by atoms with Crippen molar-refractivity contribution in [2.24, 2.45) is 4.99 Å². The third kappa shape index (κ3) is 2.79. The van der Waals surface area contributed by atoms with Crippen LogP contribution in [0.25, 0.3) is 0 Å². The number of nitrogens with one attached hydrogen (secondary N) is 1. The number of aryl methyl sites for hydroxylation is 2. The van der Waals surface area contributed by atoms with Crippen LogP contribution in [0.3, 0.4) is 0 Å². The van der Waals surface area contributed by atoms with Crippen LogP contribution in [0.4, 0.5) is 0 Å². The molecule has 2 heterocycles. The number of amidine groups is 1. The molecule has 0 amide bonds. The fourth-order valence-electron chi connectivity index (χ4n) is 4.34. The standard InChI is InChI=1S/C22H26N4/c1-16-11-17(2)13-18(12-16)15-25-20(23)14-22(3,19-7-5-4-6-8-19)26-10-9-24-21(25)26/h4-8,11-13,23H,9-10,14-15H2,1-3H3. The zero-order valence-corrected chi connectivity index (χ0v) is 15.8. The van der Waals surface area contributed by atoms with Crippen LogP contribution in [0.15, 0.2) is 53.5 Å². The highest BCUT2D eigenvalue weighted by atomic mass is 15.5. The Hall–Kier alpha value is -2.62. The molecule has 0 spiro atoms. The Balaban J connectivity index is 1.67. The highest BCUT2D eigenvalue weighted by Crippen LogP contribution is 2.39. The fraction of sp³-hybridized carbons (Fsp3) is 0.364. The summed E-state index contributed by atoms with van der Waals surface area (Å²) in [7, 11) is 0. The molecule has 1 unspecified atom stereocenters. The van der Waals surface area contributed by atoms with Crippen LogP contribution in [0.2, 0.25) is 0 Å². The molecule has 0 radical (unpaired) electrons. The van der Waals surface area contributed by atoms with Gasteiger partial charge in [-0.05, 0) is 31.9 Å². The summed E-state index contributed by atoms with van der Waals surface area (Å²) in [6.45, 7) is 8.92. The first-order chi connectivity index (χ1) is 12.5. The van der Waals surface area contributed by atoms with E-state index in [0.717, 1.165) is 19.0 Å². The summed E-state index contributed by atoms with van der Waals surface area (Å²) in [5, 5.41) is 8.78. The van der Waals surface area contributed by atoms with Gasteiger partial charge in [-0.1, -0.05) is 59.7 Å². The highest BCUT2D eigenvalue weighted by Gasteiger charge is 2.45. The molecule has 0 aromatic heterocycles. The van der Waals surface area contributed by atoms with Gasteiger partial charge in [0.1, 0.15) is 5.84 Å². The number of aliphatic imine (C=N–C) groups is 1. The molecule has 4 rings (SSSR count). The van der Waals surface area contributed by atoms with Crippen molar-refractivity contribution < 1.29 is 0 Å². The predicted octanol–water partition coefficient (Wildman–Crippen LogP) is 4.07. The van der Waals surface area contributed by atoms with Gasteiger partial charge < -0.3 is 4.90 Å². The van der Waals surface area contributed by atoms with E-state index in [9.17, 15) is 0 Å². The molecule has 4 heteroatoms. The molecule has 134 valence electrons. The molecule has 1 saturated heterocycles. The smallest absolute Gasteiger partial charge is 0.203 e. The van der Waals surface area contributed by atoms with Gasteiger partial charge in [-0.2, -0.15) is 0 Å². The Morgan fingerprint density at radius 1 is 1.08 bits per heavy atom. The molecule has 2 aliphatic rings. The largest absolute Gasteiger partial charge is 0.331 e. The van der Waals surface area contributed by atoms with Crippen LogP contribution < -0.4 is 0 Å². The zero-order chi connectivity index (χ0) is 18.3. The van der Waals surface area contributed by atoms with Crippen molar-refractivity contribution in [2.75, 3.05) is 13.1 Å². The number of hydrogen-bond acceptors (Lipinski definition) is 3. The van der Waals surface area contributed by atoms with Gasteiger partial charge in [0.15, 0.2) is 0 Å². The quantitative estimate of drug-likeness (QED) is 0.910. The summed E-state index contributed by atoms with van der Waals surface area (Å²) in [4.78, 5) is 9.26. The van der Waals surface area contributed by atoms with Crippen LogP contribution in [0, 0.1) is 19.3 Å². The van der Waals surface area contributed by atoms with E-state index in [-0.39, 0.29) is 5.54 Å². The lowest BCUT2D eigenvalue weighted by Gasteiger charge is -2.49. The van der Waals surface area contributed by atoms with Crippen LogP contribution in [0.1, 0.15) is 35.6 Å². The van der Waals surface area contributed by atoms with E-state index in [0.29, 0.717) is 18.8 Å². The van der Waals surface area contributed by atoms with E-state index < -0.39 is 0 Å². The molecular formula is C22H26N4. The molecule has 1 fully saturated rings. The van der Waals surface area contributed by atoms with Crippen LogP contribution in [-0.2, 0) is 12.1 Å². The van der Waals surface area contributed by atoms with Gasteiger partial charge in [-0.3, -0.25) is 15.3 Å². The van der Waals surface area contributed by atoms with E-state index >= 15 is 0 Å². The van der Waals surface area contributed by atoms with Gasteiger partial charge in [0, 0.05) is 13.0 Å². The molecule has 0 aliphatic carbocycles. The fourth-order valence-corrected chi connectivity index (χ4v) is 4.34. The van der Waals surface area contributed by atoms with Crippen molar-refractivity contribution >= 4 is 11.8 Å². The van der Waals surface area contributed by atoms with Crippen molar-refractivity contribution in [3.8, 4) is 0 Å². The molecule has 2 aromatic carbocycles. The molecule has 1 atom stereocenters. The summed E-state index contributed by atoms with van der Waals surface area (Å²) in [6.07, 6.45) is 0.695. The minimum atomic E-state index is -0.202. The monoisotopic (exact) mass is 346 g/mol. The van der Waals surface area contributed by atoms with Crippen LogP contribution in [0.5, 0.6) is 0 Å². The Labute approximate surface area is 155 Å². The third-order valence-electron chi connectivity index (χ3n) is 5.51. The SMILES string of the molecule is Cc1cc(C)cc(CN2C(=N)CC(C)(c3ccccc3)N3CCN=C23)c1. The minimum absolute atomic E-state index is 0.202. The van der Waals surface area contributed by atoms with Gasteiger partial charge in [-0.25, -0.2) is 0 Å². The maximum Gasteiger partial charge on any atom is 0.203 e. The van der Waals surface area contributed by atoms with E-state index in [1.807, 2.05) is 6.07 Å². The molecule has 0 saturated carbocycles. The minimum Gasteiger partial charge on any atom is -0.331 e. The van der Waals surface area contributed by atoms with E-state index in [4.69, 9.17) is 10.4 Å². The lowest BCUT2D eigenvalue weighted by atomic mass is 9.84. The summed E-state index contributed by atoms with van der Waals surface area (Å²) in [5.41, 5.74) is 4.83. The number of guanidine groups is 1. The molecule has 26 heavy (non-hydrogen) atoms. The maximum atomic E-state index is 8.78. The van der Waals surface area contributed by atoms with Crippen LogP contribution >= 0.6 is 0 Å². The topological polar surface area (TPSA) is 42.7 Å². The van der Waals surface area contributed by atoms with E-state index in [2.05, 4.69) is 73.0 Å². The average Bonchev–Trinajstić information content (AvgIpc) is 3.09. The van der Waals surface area contributed by atoms with Crippen molar-refractivity contribution in [2.45, 2.75) is 39.3 Å². The Kier molecular flexibility index (Phi) is 4.06. The molecular weight excluding hydrogens is 320 g/mol. The maximum absolute atomic E-state index is 8.78. The molecule has 0 bridgehead atoms.